The van der Waals surface area contributed by atoms with E-state index in [4.69, 9.17) is 0 Å². The molecule has 1 aliphatic heterocycles. The molecule has 0 atom stereocenters. The summed E-state index contributed by atoms with van der Waals surface area (Å²) in [5.41, 5.74) is -0.999. The molecule has 0 radical (unpaired) electrons. The Kier molecular flexibility index (Phi) is 2.55. The Hall–Kier alpha value is -1.63. The number of anilines is 1. The number of aromatic amines is 2. The number of likely N-dealkylation sites (N-methyl/N-ethyl adjacent to an activating group) is 1. The number of nitrogens with one attached hydrogen (secondary N) is 2. The molecule has 2 rings (SSSR count). The summed E-state index contributed by atoms with van der Waals surface area (Å²) in [5, 5.41) is 5.99. The SMILES string of the molecule is CN1CCN(c2n[nH]c(=O)[nH]c2=O)CC1. The monoisotopic (exact) mass is 211 g/mol. The van der Waals surface area contributed by atoms with Crippen LogP contribution in [0.2, 0.25) is 0 Å². The molecule has 0 amide bonds. The van der Waals surface area contributed by atoms with Crippen molar-refractivity contribution in [2.45, 2.75) is 0 Å². The number of piperazine rings is 1. The molecule has 15 heavy (non-hydrogen) atoms. The molecule has 1 aromatic rings. The summed E-state index contributed by atoms with van der Waals surface area (Å²) in [7, 11) is 2.03. The van der Waals surface area contributed by atoms with Crippen molar-refractivity contribution in [3.8, 4) is 0 Å². The van der Waals surface area contributed by atoms with Gasteiger partial charge in [-0.1, -0.05) is 0 Å². The second-order valence-corrected chi connectivity index (χ2v) is 3.62. The molecule has 1 saturated heterocycles. The number of hydrogen-bond donors (Lipinski definition) is 2. The van der Waals surface area contributed by atoms with E-state index in [0.29, 0.717) is 5.82 Å². The lowest BCUT2D eigenvalue weighted by Crippen LogP contribution is -2.47. The minimum absolute atomic E-state index is 0.294. The highest BCUT2D eigenvalue weighted by atomic mass is 16.2. The first-order chi connectivity index (χ1) is 7.16. The van der Waals surface area contributed by atoms with Crippen molar-refractivity contribution in [2.24, 2.45) is 0 Å². The van der Waals surface area contributed by atoms with E-state index >= 15 is 0 Å². The predicted molar refractivity (Wildman–Crippen MR) is 55.2 cm³/mol. The summed E-state index contributed by atoms with van der Waals surface area (Å²) < 4.78 is 0. The van der Waals surface area contributed by atoms with Gasteiger partial charge in [-0.15, -0.1) is 5.10 Å². The average molecular weight is 211 g/mol. The highest BCUT2D eigenvalue weighted by Crippen LogP contribution is 2.05. The molecular weight excluding hydrogens is 198 g/mol. The minimum Gasteiger partial charge on any atom is -0.348 e. The summed E-state index contributed by atoms with van der Waals surface area (Å²) in [6.45, 7) is 3.28. The van der Waals surface area contributed by atoms with Crippen molar-refractivity contribution in [2.75, 3.05) is 38.1 Å². The maximum atomic E-state index is 11.4. The zero-order chi connectivity index (χ0) is 10.8. The highest BCUT2D eigenvalue weighted by Gasteiger charge is 2.17. The second kappa shape index (κ2) is 3.85. The van der Waals surface area contributed by atoms with Crippen LogP contribution in [-0.4, -0.2) is 53.3 Å². The largest absolute Gasteiger partial charge is 0.348 e. The van der Waals surface area contributed by atoms with Gasteiger partial charge in [0.1, 0.15) is 0 Å². The van der Waals surface area contributed by atoms with Crippen LogP contribution >= 0.6 is 0 Å². The molecule has 0 unspecified atom stereocenters. The van der Waals surface area contributed by atoms with E-state index in [1.54, 1.807) is 0 Å². The standard InChI is InChI=1S/C8H13N5O2/c1-12-2-4-13(5-3-12)6-7(14)9-8(15)11-10-6/h2-5H2,1H3,(H2,9,11,14,15). The number of hydrogen-bond acceptors (Lipinski definition) is 5. The van der Waals surface area contributed by atoms with Gasteiger partial charge in [-0.05, 0) is 7.05 Å². The third-order valence-electron chi connectivity index (χ3n) is 2.50. The van der Waals surface area contributed by atoms with E-state index < -0.39 is 11.2 Å². The van der Waals surface area contributed by atoms with Crippen molar-refractivity contribution >= 4 is 5.82 Å². The van der Waals surface area contributed by atoms with Gasteiger partial charge in [0, 0.05) is 26.2 Å². The zero-order valence-electron chi connectivity index (χ0n) is 8.49. The van der Waals surface area contributed by atoms with Gasteiger partial charge in [0.05, 0.1) is 0 Å². The van der Waals surface area contributed by atoms with Crippen LogP contribution in [0.25, 0.3) is 0 Å². The Balaban J connectivity index is 2.23. The lowest BCUT2D eigenvalue weighted by atomic mass is 10.3. The van der Waals surface area contributed by atoms with E-state index in [2.05, 4.69) is 20.1 Å². The Morgan fingerprint density at radius 1 is 1.20 bits per heavy atom. The number of nitrogens with zero attached hydrogens (tertiary/aromatic N) is 3. The fraction of sp³-hybridized carbons (Fsp3) is 0.625. The van der Waals surface area contributed by atoms with Crippen molar-refractivity contribution in [1.82, 2.24) is 20.1 Å². The van der Waals surface area contributed by atoms with Gasteiger partial charge in [0.25, 0.3) is 5.56 Å². The van der Waals surface area contributed by atoms with E-state index in [1.165, 1.54) is 0 Å². The lowest BCUT2D eigenvalue weighted by Gasteiger charge is -2.32. The van der Waals surface area contributed by atoms with E-state index in [-0.39, 0.29) is 0 Å². The first kappa shape index (κ1) is 9.91. The van der Waals surface area contributed by atoms with E-state index in [9.17, 15) is 9.59 Å². The fourth-order valence-electron chi connectivity index (χ4n) is 1.57. The lowest BCUT2D eigenvalue weighted by molar-refractivity contribution is 0.311. The highest BCUT2D eigenvalue weighted by molar-refractivity contribution is 5.34. The van der Waals surface area contributed by atoms with Gasteiger partial charge in [0.2, 0.25) is 5.82 Å². The van der Waals surface area contributed by atoms with Crippen molar-refractivity contribution in [3.63, 3.8) is 0 Å². The van der Waals surface area contributed by atoms with Gasteiger partial charge in [-0.25, -0.2) is 9.89 Å². The van der Waals surface area contributed by atoms with Crippen molar-refractivity contribution in [1.29, 1.82) is 0 Å². The Morgan fingerprint density at radius 2 is 1.87 bits per heavy atom. The molecule has 0 spiro atoms. The van der Waals surface area contributed by atoms with Gasteiger partial charge in [-0.2, -0.15) is 0 Å². The first-order valence-electron chi connectivity index (χ1n) is 4.79. The second-order valence-electron chi connectivity index (χ2n) is 3.62. The maximum absolute atomic E-state index is 11.4. The number of aromatic nitrogens is 3. The Bertz CT molecular complexity index is 443. The molecule has 7 heteroatoms. The summed E-state index contributed by atoms with van der Waals surface area (Å²) in [5.74, 6) is 0.294. The van der Waals surface area contributed by atoms with Gasteiger partial charge in [0.15, 0.2) is 0 Å². The summed E-state index contributed by atoms with van der Waals surface area (Å²) in [6, 6.07) is 0. The minimum atomic E-state index is -0.571. The van der Waals surface area contributed by atoms with Crippen LogP contribution in [0, 0.1) is 0 Å². The zero-order valence-corrected chi connectivity index (χ0v) is 8.49. The molecule has 1 aliphatic rings. The van der Waals surface area contributed by atoms with E-state index in [1.807, 2.05) is 11.9 Å². The molecule has 1 fully saturated rings. The van der Waals surface area contributed by atoms with Crippen molar-refractivity contribution in [3.05, 3.63) is 20.8 Å². The molecule has 7 nitrogen and oxygen atoms in total. The molecule has 0 bridgehead atoms. The van der Waals surface area contributed by atoms with Gasteiger partial charge >= 0.3 is 5.69 Å². The third kappa shape index (κ3) is 2.07. The summed E-state index contributed by atoms with van der Waals surface area (Å²) >= 11 is 0. The number of H-pyrrole nitrogens is 2. The molecule has 0 saturated carbocycles. The predicted octanol–water partition coefficient (Wildman–Crippen LogP) is -1.79. The molecule has 0 aromatic carbocycles. The Morgan fingerprint density at radius 3 is 2.47 bits per heavy atom. The summed E-state index contributed by atoms with van der Waals surface area (Å²) in [6.07, 6.45) is 0. The molecule has 1 aromatic heterocycles. The van der Waals surface area contributed by atoms with Gasteiger partial charge < -0.3 is 9.80 Å². The van der Waals surface area contributed by atoms with Crippen LogP contribution in [0.4, 0.5) is 5.82 Å². The molecular formula is C8H13N5O2. The van der Waals surface area contributed by atoms with Crippen LogP contribution in [0.3, 0.4) is 0 Å². The van der Waals surface area contributed by atoms with Gasteiger partial charge in [-0.3, -0.25) is 9.78 Å². The van der Waals surface area contributed by atoms with Crippen molar-refractivity contribution < 1.29 is 0 Å². The first-order valence-corrected chi connectivity index (χ1v) is 4.79. The fourth-order valence-corrected chi connectivity index (χ4v) is 1.57. The topological polar surface area (TPSA) is 85.1 Å². The quantitative estimate of drug-likeness (QED) is 0.573. The summed E-state index contributed by atoms with van der Waals surface area (Å²) in [4.78, 5) is 28.4. The molecule has 2 N–H and O–H groups in total. The smallest absolute Gasteiger partial charge is 0.342 e. The normalized spacial score (nSPS) is 18.1. The number of rotatable bonds is 1. The van der Waals surface area contributed by atoms with Crippen LogP contribution in [-0.2, 0) is 0 Å². The van der Waals surface area contributed by atoms with Crippen LogP contribution in [0.1, 0.15) is 0 Å². The molecule has 2 heterocycles. The Labute approximate surface area is 85.7 Å². The van der Waals surface area contributed by atoms with Crippen LogP contribution < -0.4 is 16.1 Å². The van der Waals surface area contributed by atoms with Crippen LogP contribution in [0.15, 0.2) is 9.59 Å². The molecule has 82 valence electrons. The maximum Gasteiger partial charge on any atom is 0.342 e. The van der Waals surface area contributed by atoms with E-state index in [0.717, 1.165) is 26.2 Å². The average Bonchev–Trinajstić information content (AvgIpc) is 2.20. The molecule has 0 aliphatic carbocycles. The third-order valence-corrected chi connectivity index (χ3v) is 2.50. The van der Waals surface area contributed by atoms with Crippen LogP contribution in [0.5, 0.6) is 0 Å².